The number of para-hydroxylation sites is 1. The molecule has 86 valence electrons. The molecule has 17 heavy (non-hydrogen) atoms. The summed E-state index contributed by atoms with van der Waals surface area (Å²) in [6, 6.07) is 8.62. The first-order chi connectivity index (χ1) is 8.33. The van der Waals surface area contributed by atoms with Crippen LogP contribution in [0.25, 0.3) is 15.2 Å². The Hall–Kier alpha value is -1.35. The third-order valence-electron chi connectivity index (χ3n) is 3.75. The summed E-state index contributed by atoms with van der Waals surface area (Å²) in [5.41, 5.74) is 4.12. The average molecular weight is 242 g/mol. The van der Waals surface area contributed by atoms with E-state index in [9.17, 15) is 0 Å². The molecule has 0 radical (unpaired) electrons. The molecular formula is C14H14N2S. The molecule has 1 aliphatic rings. The highest BCUT2D eigenvalue weighted by Crippen LogP contribution is 2.33. The predicted octanol–water partition coefficient (Wildman–Crippen LogP) is 3.67. The molecule has 2 heterocycles. The molecule has 0 bridgehead atoms. The van der Waals surface area contributed by atoms with Crippen molar-refractivity contribution in [3.63, 3.8) is 0 Å². The summed E-state index contributed by atoms with van der Waals surface area (Å²) in [6.45, 7) is 2.34. The minimum absolute atomic E-state index is 0.793. The lowest BCUT2D eigenvalue weighted by Crippen LogP contribution is -2.12. The lowest BCUT2D eigenvalue weighted by atomic mass is 9.91. The van der Waals surface area contributed by atoms with Gasteiger partial charge in [0.2, 0.25) is 0 Å². The topological polar surface area (TPSA) is 17.3 Å². The zero-order chi connectivity index (χ0) is 11.4. The van der Waals surface area contributed by atoms with E-state index in [0.29, 0.717) is 0 Å². The van der Waals surface area contributed by atoms with Crippen molar-refractivity contribution in [1.82, 2.24) is 9.38 Å². The summed E-state index contributed by atoms with van der Waals surface area (Å²) in [4.78, 5) is 5.98. The normalized spacial score (nSPS) is 19.9. The fourth-order valence-electron chi connectivity index (χ4n) is 2.84. The van der Waals surface area contributed by atoms with Crippen LogP contribution in [0.2, 0.25) is 0 Å². The summed E-state index contributed by atoms with van der Waals surface area (Å²) in [5.74, 6) is 0.793. The van der Waals surface area contributed by atoms with E-state index in [0.717, 1.165) is 12.3 Å². The largest absolute Gasteiger partial charge is 0.287 e. The van der Waals surface area contributed by atoms with Crippen LogP contribution in [0.4, 0.5) is 0 Å². The first-order valence-corrected chi connectivity index (χ1v) is 7.02. The van der Waals surface area contributed by atoms with Gasteiger partial charge >= 0.3 is 0 Å². The zero-order valence-electron chi connectivity index (χ0n) is 9.81. The van der Waals surface area contributed by atoms with Gasteiger partial charge < -0.3 is 0 Å². The highest BCUT2D eigenvalue weighted by Gasteiger charge is 2.22. The quantitative estimate of drug-likeness (QED) is 0.588. The standard InChI is InChI=1S/C14H14N2S/c1-9-6-7-10-12(8-9)16-11-4-2-3-5-13(11)17-14(16)15-10/h2-5,9H,6-8H2,1H3. The minimum Gasteiger partial charge on any atom is -0.287 e. The van der Waals surface area contributed by atoms with E-state index in [1.54, 1.807) is 0 Å². The molecule has 0 saturated heterocycles. The number of fused-ring (bicyclic) bond motifs is 5. The molecule has 2 nitrogen and oxygen atoms in total. The van der Waals surface area contributed by atoms with Gasteiger partial charge in [-0.25, -0.2) is 4.98 Å². The molecule has 3 heteroatoms. The van der Waals surface area contributed by atoms with E-state index >= 15 is 0 Å². The van der Waals surface area contributed by atoms with Crippen LogP contribution in [-0.2, 0) is 12.8 Å². The molecule has 4 rings (SSSR count). The van der Waals surface area contributed by atoms with Crippen molar-refractivity contribution in [2.45, 2.75) is 26.2 Å². The predicted molar refractivity (Wildman–Crippen MR) is 71.8 cm³/mol. The van der Waals surface area contributed by atoms with E-state index in [1.807, 2.05) is 11.3 Å². The molecule has 0 fully saturated rings. The van der Waals surface area contributed by atoms with Crippen molar-refractivity contribution >= 4 is 26.5 Å². The van der Waals surface area contributed by atoms with Gasteiger partial charge in [-0.15, -0.1) is 0 Å². The smallest absolute Gasteiger partial charge is 0.195 e. The maximum atomic E-state index is 4.81. The highest BCUT2D eigenvalue weighted by atomic mass is 32.1. The molecule has 3 aromatic rings. The first-order valence-electron chi connectivity index (χ1n) is 6.20. The Kier molecular flexibility index (Phi) is 1.89. The van der Waals surface area contributed by atoms with E-state index in [1.165, 1.54) is 39.4 Å². The molecule has 0 N–H and O–H groups in total. The van der Waals surface area contributed by atoms with Crippen molar-refractivity contribution in [3.8, 4) is 0 Å². The van der Waals surface area contributed by atoms with Crippen LogP contribution < -0.4 is 0 Å². The van der Waals surface area contributed by atoms with E-state index in [4.69, 9.17) is 4.98 Å². The Morgan fingerprint density at radius 2 is 2.24 bits per heavy atom. The van der Waals surface area contributed by atoms with Gasteiger partial charge in [-0.1, -0.05) is 30.4 Å². The Bertz CT molecular complexity index is 707. The average Bonchev–Trinajstić information content (AvgIpc) is 2.84. The fraction of sp³-hybridized carbons (Fsp3) is 0.357. The van der Waals surface area contributed by atoms with E-state index in [-0.39, 0.29) is 0 Å². The molecule has 2 aromatic heterocycles. The zero-order valence-corrected chi connectivity index (χ0v) is 10.6. The third kappa shape index (κ3) is 1.29. The molecule has 1 atom stereocenters. The van der Waals surface area contributed by atoms with Crippen molar-refractivity contribution < 1.29 is 0 Å². The van der Waals surface area contributed by atoms with E-state index in [2.05, 4.69) is 35.6 Å². The van der Waals surface area contributed by atoms with Gasteiger partial charge in [0.15, 0.2) is 4.96 Å². The SMILES string of the molecule is CC1CCc2nc3sc4ccccc4n3c2C1. The molecule has 0 spiro atoms. The van der Waals surface area contributed by atoms with Crippen molar-refractivity contribution in [1.29, 1.82) is 0 Å². The number of hydrogen-bond acceptors (Lipinski definition) is 2. The van der Waals surface area contributed by atoms with Gasteiger partial charge in [0.05, 0.1) is 15.9 Å². The molecule has 1 unspecified atom stereocenters. The second-order valence-electron chi connectivity index (χ2n) is 5.04. The summed E-state index contributed by atoms with van der Waals surface area (Å²) < 4.78 is 3.72. The van der Waals surface area contributed by atoms with Crippen molar-refractivity contribution in [2.75, 3.05) is 0 Å². The van der Waals surface area contributed by atoms with Gasteiger partial charge in [0.25, 0.3) is 0 Å². The monoisotopic (exact) mass is 242 g/mol. The van der Waals surface area contributed by atoms with Crippen LogP contribution in [0.5, 0.6) is 0 Å². The number of benzene rings is 1. The van der Waals surface area contributed by atoms with Crippen LogP contribution in [0.3, 0.4) is 0 Å². The van der Waals surface area contributed by atoms with Crippen LogP contribution in [0.15, 0.2) is 24.3 Å². The maximum absolute atomic E-state index is 4.81. The molecule has 1 aliphatic carbocycles. The highest BCUT2D eigenvalue weighted by molar-refractivity contribution is 7.23. The van der Waals surface area contributed by atoms with Crippen LogP contribution in [0.1, 0.15) is 24.7 Å². The van der Waals surface area contributed by atoms with Crippen LogP contribution in [0, 0.1) is 5.92 Å². The Morgan fingerprint density at radius 1 is 1.35 bits per heavy atom. The molecular weight excluding hydrogens is 228 g/mol. The number of aryl methyl sites for hydroxylation is 1. The number of thiazole rings is 1. The van der Waals surface area contributed by atoms with Crippen LogP contribution in [-0.4, -0.2) is 9.38 Å². The number of aromatic nitrogens is 2. The van der Waals surface area contributed by atoms with Crippen LogP contribution >= 0.6 is 11.3 Å². The van der Waals surface area contributed by atoms with Gasteiger partial charge in [-0.3, -0.25) is 4.40 Å². The van der Waals surface area contributed by atoms with Crippen molar-refractivity contribution in [2.24, 2.45) is 5.92 Å². The number of nitrogens with zero attached hydrogens (tertiary/aromatic N) is 2. The summed E-state index contributed by atoms with van der Waals surface area (Å²) in [6.07, 6.45) is 3.62. The Balaban J connectivity index is 2.11. The molecule has 0 amide bonds. The molecule has 1 aromatic carbocycles. The van der Waals surface area contributed by atoms with E-state index < -0.39 is 0 Å². The maximum Gasteiger partial charge on any atom is 0.195 e. The fourth-order valence-corrected chi connectivity index (χ4v) is 3.91. The lowest BCUT2D eigenvalue weighted by molar-refractivity contribution is 0.489. The number of rotatable bonds is 0. The van der Waals surface area contributed by atoms with Gasteiger partial charge in [-0.05, 0) is 37.3 Å². The molecule has 0 aliphatic heterocycles. The summed E-state index contributed by atoms with van der Waals surface area (Å²) in [7, 11) is 0. The Morgan fingerprint density at radius 3 is 3.18 bits per heavy atom. The second kappa shape index (κ2) is 3.33. The third-order valence-corrected chi connectivity index (χ3v) is 4.77. The lowest BCUT2D eigenvalue weighted by Gasteiger charge is -2.17. The number of imidazole rings is 1. The number of hydrogen-bond donors (Lipinski definition) is 0. The molecule has 0 saturated carbocycles. The Labute approximate surface area is 104 Å². The minimum atomic E-state index is 0.793. The van der Waals surface area contributed by atoms with Crippen molar-refractivity contribution in [3.05, 3.63) is 35.7 Å². The summed E-state index contributed by atoms with van der Waals surface area (Å²) in [5, 5.41) is 0. The second-order valence-corrected chi connectivity index (χ2v) is 6.05. The van der Waals surface area contributed by atoms with Gasteiger partial charge in [-0.2, -0.15) is 0 Å². The summed E-state index contributed by atoms with van der Waals surface area (Å²) >= 11 is 1.81. The van der Waals surface area contributed by atoms with Gasteiger partial charge in [0.1, 0.15) is 0 Å². The van der Waals surface area contributed by atoms with Gasteiger partial charge in [0, 0.05) is 5.69 Å². The first kappa shape index (κ1) is 9.66.